The first-order chi connectivity index (χ1) is 13.1. The predicted octanol–water partition coefficient (Wildman–Crippen LogP) is 2.35. The van der Waals surface area contributed by atoms with Crippen molar-refractivity contribution in [2.24, 2.45) is 5.92 Å². The van der Waals surface area contributed by atoms with E-state index >= 15 is 0 Å². The molecule has 1 unspecified atom stereocenters. The first-order valence-corrected chi connectivity index (χ1v) is 9.69. The summed E-state index contributed by atoms with van der Waals surface area (Å²) in [6.07, 6.45) is 6.66. The molecule has 0 radical (unpaired) electrons. The molecule has 1 atom stereocenters. The number of amides is 1. The molecule has 0 aromatic carbocycles. The lowest BCUT2D eigenvalue weighted by Gasteiger charge is -2.24. The van der Waals surface area contributed by atoms with Crippen molar-refractivity contribution < 1.29 is 14.7 Å². The highest BCUT2D eigenvalue weighted by molar-refractivity contribution is 5.91. The van der Waals surface area contributed by atoms with E-state index in [9.17, 15) is 9.59 Å². The number of nitrogens with one attached hydrogen (secondary N) is 1. The Kier molecular flexibility index (Phi) is 4.72. The third-order valence-electron chi connectivity index (χ3n) is 5.70. The van der Waals surface area contributed by atoms with Gasteiger partial charge in [0.25, 0.3) is 0 Å². The number of aryl methyl sites for hydroxylation is 1. The van der Waals surface area contributed by atoms with Crippen molar-refractivity contribution >= 4 is 29.0 Å². The van der Waals surface area contributed by atoms with Gasteiger partial charge >= 0.3 is 5.97 Å². The average Bonchev–Trinajstić information content (AvgIpc) is 3.37. The number of likely N-dealkylation sites (tertiary alicyclic amines) is 1. The second kappa shape index (κ2) is 7.17. The van der Waals surface area contributed by atoms with Crippen LogP contribution in [0.25, 0.3) is 11.2 Å². The Morgan fingerprint density at radius 1 is 1.37 bits per heavy atom. The Morgan fingerprint density at radius 3 is 2.85 bits per heavy atom. The molecule has 8 heteroatoms. The number of carboxylic acids is 1. The zero-order chi connectivity index (χ0) is 19.0. The summed E-state index contributed by atoms with van der Waals surface area (Å²) in [4.78, 5) is 34.4. The summed E-state index contributed by atoms with van der Waals surface area (Å²) in [6.45, 7) is 4.16. The molecule has 1 aliphatic carbocycles. The summed E-state index contributed by atoms with van der Waals surface area (Å²) in [7, 11) is 0. The van der Waals surface area contributed by atoms with E-state index in [1.54, 1.807) is 6.07 Å². The lowest BCUT2D eigenvalue weighted by molar-refractivity contribution is -0.129. The molecule has 2 aromatic heterocycles. The molecule has 2 N–H and O–H groups in total. The Labute approximate surface area is 157 Å². The first-order valence-electron chi connectivity index (χ1n) is 9.69. The number of aromatic nitrogens is 3. The van der Waals surface area contributed by atoms with Crippen LogP contribution in [0.2, 0.25) is 0 Å². The number of rotatable bonds is 6. The fourth-order valence-electron chi connectivity index (χ4n) is 4.31. The highest BCUT2D eigenvalue weighted by atomic mass is 16.4. The lowest BCUT2D eigenvalue weighted by Crippen LogP contribution is -2.35. The number of fused-ring (bicyclic) bond motifs is 1. The molecular weight excluding hydrogens is 346 g/mol. The summed E-state index contributed by atoms with van der Waals surface area (Å²) in [5.74, 6) is 0.201. The van der Waals surface area contributed by atoms with Crippen LogP contribution >= 0.6 is 0 Å². The Hall–Kier alpha value is -2.64. The van der Waals surface area contributed by atoms with E-state index in [1.165, 1.54) is 19.0 Å². The molecule has 27 heavy (non-hydrogen) atoms. The van der Waals surface area contributed by atoms with Crippen molar-refractivity contribution in [1.82, 2.24) is 19.4 Å². The van der Waals surface area contributed by atoms with Crippen molar-refractivity contribution in [1.29, 1.82) is 0 Å². The van der Waals surface area contributed by atoms with Crippen molar-refractivity contribution in [2.45, 2.75) is 51.6 Å². The monoisotopic (exact) mass is 371 g/mol. The summed E-state index contributed by atoms with van der Waals surface area (Å²) < 4.78 is 1.94. The number of carbonyl (C=O) groups is 2. The van der Waals surface area contributed by atoms with Gasteiger partial charge in [-0.15, -0.1) is 0 Å². The summed E-state index contributed by atoms with van der Waals surface area (Å²) in [6, 6.07) is 1.98. The van der Waals surface area contributed by atoms with Gasteiger partial charge in [0.05, 0.1) is 5.56 Å². The molecule has 3 heterocycles. The fourth-order valence-corrected chi connectivity index (χ4v) is 4.31. The number of carbonyl (C=O) groups excluding carboxylic acids is 1. The lowest BCUT2D eigenvalue weighted by atomic mass is 10.1. The van der Waals surface area contributed by atoms with Crippen molar-refractivity contribution in [2.75, 3.05) is 18.4 Å². The molecule has 2 aliphatic rings. The summed E-state index contributed by atoms with van der Waals surface area (Å²) in [5.41, 5.74) is 1.36. The number of hydrogen-bond donors (Lipinski definition) is 2. The van der Waals surface area contributed by atoms with Crippen LogP contribution in [0, 0.1) is 5.92 Å². The molecule has 8 nitrogen and oxygen atoms in total. The van der Waals surface area contributed by atoms with Crippen LogP contribution in [0.3, 0.4) is 0 Å². The number of nitrogens with zero attached hydrogens (tertiary/aromatic N) is 4. The number of anilines is 1. The molecule has 1 saturated carbocycles. The molecule has 1 amide bonds. The Bertz CT molecular complexity index is 872. The van der Waals surface area contributed by atoms with Crippen LogP contribution in [0.15, 0.2) is 12.3 Å². The smallest absolute Gasteiger partial charge is 0.337 e. The number of pyridine rings is 1. The van der Waals surface area contributed by atoms with E-state index in [0.717, 1.165) is 19.4 Å². The Morgan fingerprint density at radius 2 is 2.15 bits per heavy atom. The molecule has 1 aliphatic heterocycles. The maximum atomic E-state index is 12.4. The van der Waals surface area contributed by atoms with Gasteiger partial charge in [0.1, 0.15) is 5.52 Å². The predicted molar refractivity (Wildman–Crippen MR) is 101 cm³/mol. The molecule has 0 spiro atoms. The van der Waals surface area contributed by atoms with Crippen molar-refractivity contribution in [3.8, 4) is 0 Å². The van der Waals surface area contributed by atoms with E-state index in [2.05, 4.69) is 20.2 Å². The van der Waals surface area contributed by atoms with E-state index < -0.39 is 5.97 Å². The van der Waals surface area contributed by atoms with Gasteiger partial charge in [0.2, 0.25) is 11.9 Å². The van der Waals surface area contributed by atoms with Gasteiger partial charge in [-0.05, 0) is 25.8 Å². The number of aromatic carboxylic acids is 1. The Balaban J connectivity index is 1.47. The van der Waals surface area contributed by atoms with E-state index in [0.29, 0.717) is 42.7 Å². The molecular formula is C19H25N5O3. The standard InChI is InChI=1S/C19H25N5O3/c1-2-23-17-15(8-13(10-20-17)18(26)27)22-19(23)21-9-12-7-16(25)24(11-12)14-5-3-4-6-14/h8,10,12,14H,2-7,9,11H2,1H3,(H,21,22)(H,26,27). The van der Waals surface area contributed by atoms with Gasteiger partial charge < -0.3 is 15.3 Å². The number of carboxylic acid groups (broad SMARTS) is 1. The van der Waals surface area contributed by atoms with Crippen LogP contribution in [0.5, 0.6) is 0 Å². The van der Waals surface area contributed by atoms with E-state index in [1.807, 2.05) is 11.5 Å². The van der Waals surface area contributed by atoms with Gasteiger partial charge in [-0.2, -0.15) is 0 Å². The van der Waals surface area contributed by atoms with Crippen molar-refractivity contribution in [3.63, 3.8) is 0 Å². The van der Waals surface area contributed by atoms with E-state index in [4.69, 9.17) is 5.11 Å². The highest BCUT2D eigenvalue weighted by Gasteiger charge is 2.35. The van der Waals surface area contributed by atoms with E-state index in [-0.39, 0.29) is 17.4 Å². The molecule has 2 aromatic rings. The maximum Gasteiger partial charge on any atom is 0.337 e. The summed E-state index contributed by atoms with van der Waals surface area (Å²) >= 11 is 0. The minimum absolute atomic E-state index is 0.128. The van der Waals surface area contributed by atoms with Crippen LogP contribution < -0.4 is 5.32 Å². The molecule has 144 valence electrons. The fraction of sp³-hybridized carbons (Fsp3) is 0.579. The first kappa shape index (κ1) is 17.8. The second-order valence-electron chi connectivity index (χ2n) is 7.49. The third-order valence-corrected chi connectivity index (χ3v) is 5.70. The van der Waals surface area contributed by atoms with Gasteiger partial charge in [0, 0.05) is 44.2 Å². The van der Waals surface area contributed by atoms with Gasteiger partial charge in [-0.3, -0.25) is 9.36 Å². The van der Waals surface area contributed by atoms with Crippen LogP contribution in [0.4, 0.5) is 5.95 Å². The van der Waals surface area contributed by atoms with Gasteiger partial charge in [-0.25, -0.2) is 14.8 Å². The zero-order valence-corrected chi connectivity index (χ0v) is 15.5. The van der Waals surface area contributed by atoms with Gasteiger partial charge in [0.15, 0.2) is 5.65 Å². The molecule has 2 fully saturated rings. The quantitative estimate of drug-likeness (QED) is 0.808. The van der Waals surface area contributed by atoms with Crippen LogP contribution in [-0.4, -0.2) is 55.5 Å². The van der Waals surface area contributed by atoms with Crippen LogP contribution in [0.1, 0.15) is 49.4 Å². The molecule has 4 rings (SSSR count). The topological polar surface area (TPSA) is 100 Å². The minimum atomic E-state index is -1.01. The van der Waals surface area contributed by atoms with Crippen LogP contribution in [-0.2, 0) is 11.3 Å². The normalized spacial score (nSPS) is 20.7. The zero-order valence-electron chi connectivity index (χ0n) is 15.5. The van der Waals surface area contributed by atoms with Crippen molar-refractivity contribution in [3.05, 3.63) is 17.8 Å². The SMILES string of the molecule is CCn1c(NCC2CC(=O)N(C3CCCC3)C2)nc2cc(C(=O)O)cnc21. The minimum Gasteiger partial charge on any atom is -0.478 e. The number of hydrogen-bond acceptors (Lipinski definition) is 5. The summed E-state index contributed by atoms with van der Waals surface area (Å²) in [5, 5.41) is 12.5. The average molecular weight is 371 g/mol. The van der Waals surface area contributed by atoms with Gasteiger partial charge in [-0.1, -0.05) is 12.8 Å². The maximum absolute atomic E-state index is 12.4. The molecule has 1 saturated heterocycles. The second-order valence-corrected chi connectivity index (χ2v) is 7.49. The highest BCUT2D eigenvalue weighted by Crippen LogP contribution is 2.29. The molecule has 0 bridgehead atoms. The number of imidazole rings is 1. The largest absolute Gasteiger partial charge is 0.478 e. The third kappa shape index (κ3) is 3.36.